The van der Waals surface area contributed by atoms with Crippen LogP contribution >= 0.6 is 11.6 Å². The van der Waals surface area contributed by atoms with Gasteiger partial charge in [-0.05, 0) is 25.0 Å². The van der Waals surface area contributed by atoms with E-state index in [0.29, 0.717) is 24.2 Å². The molecule has 0 amide bonds. The molecule has 0 spiro atoms. The highest BCUT2D eigenvalue weighted by molar-refractivity contribution is 6.31. The van der Waals surface area contributed by atoms with Gasteiger partial charge >= 0.3 is 0 Å². The molecule has 118 valence electrons. The van der Waals surface area contributed by atoms with Crippen molar-refractivity contribution in [3.05, 3.63) is 28.8 Å². The summed E-state index contributed by atoms with van der Waals surface area (Å²) in [6.45, 7) is 5.22. The summed E-state index contributed by atoms with van der Waals surface area (Å²) >= 11 is 6.29. The average molecular weight is 312 g/mol. The van der Waals surface area contributed by atoms with Gasteiger partial charge in [-0.2, -0.15) is 0 Å². The Morgan fingerprint density at radius 1 is 1.29 bits per heavy atom. The van der Waals surface area contributed by atoms with Crippen molar-refractivity contribution in [1.29, 1.82) is 0 Å². The number of ether oxygens (including phenoxy) is 1. The molecule has 1 saturated carbocycles. The van der Waals surface area contributed by atoms with Crippen LogP contribution in [0.3, 0.4) is 0 Å². The van der Waals surface area contributed by atoms with E-state index in [0.717, 1.165) is 37.0 Å². The van der Waals surface area contributed by atoms with Crippen LogP contribution in [-0.2, 0) is 6.54 Å². The summed E-state index contributed by atoms with van der Waals surface area (Å²) in [5.74, 6) is 0.773. The molecule has 1 aliphatic rings. The second kappa shape index (κ2) is 7.48. The largest absolute Gasteiger partial charge is 0.490 e. The highest BCUT2D eigenvalue weighted by atomic mass is 35.5. The molecule has 1 aromatic carbocycles. The van der Waals surface area contributed by atoms with Crippen molar-refractivity contribution in [2.45, 2.75) is 64.1 Å². The van der Waals surface area contributed by atoms with Gasteiger partial charge in [0.25, 0.3) is 0 Å². The molecular weight excluding hydrogens is 286 g/mol. The van der Waals surface area contributed by atoms with Gasteiger partial charge in [-0.15, -0.1) is 0 Å². The molecule has 1 aliphatic carbocycles. The van der Waals surface area contributed by atoms with Gasteiger partial charge in [-0.1, -0.05) is 50.8 Å². The van der Waals surface area contributed by atoms with Crippen LogP contribution in [0.5, 0.6) is 5.75 Å². The Bertz CT molecular complexity index is 456. The summed E-state index contributed by atoms with van der Waals surface area (Å²) in [4.78, 5) is 0. The molecule has 21 heavy (non-hydrogen) atoms. The quantitative estimate of drug-likeness (QED) is 0.837. The summed E-state index contributed by atoms with van der Waals surface area (Å²) < 4.78 is 5.92. The van der Waals surface area contributed by atoms with E-state index >= 15 is 0 Å². The van der Waals surface area contributed by atoms with Crippen molar-refractivity contribution < 1.29 is 9.84 Å². The molecule has 1 fully saturated rings. The van der Waals surface area contributed by atoms with Crippen molar-refractivity contribution >= 4 is 11.6 Å². The molecule has 4 heteroatoms. The van der Waals surface area contributed by atoms with E-state index < -0.39 is 5.60 Å². The van der Waals surface area contributed by atoms with E-state index in [9.17, 15) is 5.11 Å². The van der Waals surface area contributed by atoms with Crippen molar-refractivity contribution in [2.24, 2.45) is 0 Å². The van der Waals surface area contributed by atoms with Crippen molar-refractivity contribution in [3.8, 4) is 5.75 Å². The Kier molecular flexibility index (Phi) is 5.91. The molecule has 0 saturated heterocycles. The first-order valence-electron chi connectivity index (χ1n) is 7.86. The lowest BCUT2D eigenvalue weighted by atomic mass is 9.85. The number of hydrogen-bond donors (Lipinski definition) is 2. The van der Waals surface area contributed by atoms with E-state index in [-0.39, 0.29) is 0 Å². The highest BCUT2D eigenvalue weighted by Crippen LogP contribution is 2.31. The minimum atomic E-state index is -0.677. The monoisotopic (exact) mass is 311 g/mol. The Labute approximate surface area is 132 Å². The zero-order valence-electron chi connectivity index (χ0n) is 13.0. The molecule has 2 rings (SSSR count). The third-order valence-corrected chi connectivity index (χ3v) is 4.40. The van der Waals surface area contributed by atoms with Crippen molar-refractivity contribution in [3.63, 3.8) is 0 Å². The van der Waals surface area contributed by atoms with Gasteiger partial charge in [0.15, 0.2) is 0 Å². The maximum Gasteiger partial charge on any atom is 0.125 e. The Morgan fingerprint density at radius 3 is 2.67 bits per heavy atom. The smallest absolute Gasteiger partial charge is 0.125 e. The fourth-order valence-electron chi connectivity index (χ4n) is 2.72. The van der Waals surface area contributed by atoms with Crippen LogP contribution in [0.15, 0.2) is 18.2 Å². The van der Waals surface area contributed by atoms with Crippen LogP contribution in [0, 0.1) is 0 Å². The number of rotatable bonds is 6. The third-order valence-electron chi connectivity index (χ3n) is 4.04. The first-order valence-corrected chi connectivity index (χ1v) is 8.24. The lowest BCUT2D eigenvalue weighted by Crippen LogP contribution is -2.38. The van der Waals surface area contributed by atoms with Crippen LogP contribution in [0.25, 0.3) is 0 Å². The molecule has 0 aromatic heterocycles. The second-order valence-corrected chi connectivity index (χ2v) is 6.73. The van der Waals surface area contributed by atoms with E-state index in [2.05, 4.69) is 19.2 Å². The molecule has 2 N–H and O–H groups in total. The normalized spacial score (nSPS) is 18.0. The van der Waals surface area contributed by atoms with Crippen LogP contribution in [0.2, 0.25) is 5.02 Å². The molecule has 0 radical (unpaired) electrons. The standard InChI is InChI=1S/C17H26ClNO2/c1-13(2)19-11-14-15(18)7-6-8-16(14)21-12-17(20)9-4-3-5-10-17/h6-8,13,19-20H,3-5,9-12H2,1-2H3. The van der Waals surface area contributed by atoms with Crippen molar-refractivity contribution in [1.82, 2.24) is 5.32 Å². The van der Waals surface area contributed by atoms with Gasteiger partial charge in [0.2, 0.25) is 0 Å². The Morgan fingerprint density at radius 2 is 2.00 bits per heavy atom. The van der Waals surface area contributed by atoms with Gasteiger partial charge in [0.1, 0.15) is 12.4 Å². The van der Waals surface area contributed by atoms with Gasteiger partial charge < -0.3 is 15.2 Å². The Hall–Kier alpha value is -0.770. The maximum absolute atomic E-state index is 10.5. The summed E-state index contributed by atoms with van der Waals surface area (Å²) in [6.07, 6.45) is 5.03. The number of benzene rings is 1. The molecule has 3 nitrogen and oxygen atoms in total. The van der Waals surface area contributed by atoms with Gasteiger partial charge in [-0.25, -0.2) is 0 Å². The van der Waals surface area contributed by atoms with Crippen LogP contribution in [-0.4, -0.2) is 23.4 Å². The minimum absolute atomic E-state index is 0.349. The van der Waals surface area contributed by atoms with Gasteiger partial charge in [0.05, 0.1) is 5.60 Å². The molecule has 0 atom stereocenters. The van der Waals surface area contributed by atoms with Gasteiger partial charge in [-0.3, -0.25) is 0 Å². The topological polar surface area (TPSA) is 41.5 Å². The molecular formula is C17H26ClNO2. The lowest BCUT2D eigenvalue weighted by molar-refractivity contribution is -0.0341. The first kappa shape index (κ1) is 16.6. The molecule has 0 aliphatic heterocycles. The number of halogens is 1. The fourth-order valence-corrected chi connectivity index (χ4v) is 2.95. The third kappa shape index (κ3) is 4.87. The summed E-state index contributed by atoms with van der Waals surface area (Å²) in [5, 5.41) is 14.6. The van der Waals surface area contributed by atoms with Crippen LogP contribution in [0.1, 0.15) is 51.5 Å². The fraction of sp³-hybridized carbons (Fsp3) is 0.647. The minimum Gasteiger partial charge on any atom is -0.490 e. The summed E-state index contributed by atoms with van der Waals surface area (Å²) in [5.41, 5.74) is 0.288. The van der Waals surface area contributed by atoms with E-state index in [4.69, 9.17) is 16.3 Å². The van der Waals surface area contributed by atoms with Crippen LogP contribution < -0.4 is 10.1 Å². The highest BCUT2D eigenvalue weighted by Gasteiger charge is 2.30. The predicted octanol–water partition coefficient (Wildman–Crippen LogP) is 3.91. The maximum atomic E-state index is 10.5. The zero-order valence-corrected chi connectivity index (χ0v) is 13.7. The second-order valence-electron chi connectivity index (χ2n) is 6.33. The first-order chi connectivity index (χ1) is 10.0. The Balaban J connectivity index is 2.03. The average Bonchev–Trinajstić information content (AvgIpc) is 2.45. The van der Waals surface area contributed by atoms with Crippen molar-refractivity contribution in [2.75, 3.05) is 6.61 Å². The SMILES string of the molecule is CC(C)NCc1c(Cl)cccc1OCC1(O)CCCCC1. The lowest BCUT2D eigenvalue weighted by Gasteiger charge is -2.32. The van der Waals surface area contributed by atoms with E-state index in [1.54, 1.807) is 0 Å². The predicted molar refractivity (Wildman–Crippen MR) is 87.0 cm³/mol. The molecule has 0 bridgehead atoms. The zero-order chi connectivity index (χ0) is 15.3. The summed E-state index contributed by atoms with van der Waals surface area (Å²) in [6, 6.07) is 6.08. The van der Waals surface area contributed by atoms with E-state index in [1.165, 1.54) is 6.42 Å². The number of aliphatic hydroxyl groups is 1. The number of nitrogens with one attached hydrogen (secondary N) is 1. The molecule has 0 heterocycles. The summed E-state index contributed by atoms with van der Waals surface area (Å²) in [7, 11) is 0. The molecule has 1 aromatic rings. The van der Waals surface area contributed by atoms with Crippen LogP contribution in [0.4, 0.5) is 0 Å². The number of hydrogen-bond acceptors (Lipinski definition) is 3. The van der Waals surface area contributed by atoms with E-state index in [1.807, 2.05) is 18.2 Å². The molecule has 0 unspecified atom stereocenters. The van der Waals surface area contributed by atoms with Gasteiger partial charge in [0, 0.05) is 23.2 Å².